The van der Waals surface area contributed by atoms with Gasteiger partial charge in [-0.05, 0) is 18.1 Å². The summed E-state index contributed by atoms with van der Waals surface area (Å²) in [6.07, 6.45) is 2.14. The lowest BCUT2D eigenvalue weighted by Crippen LogP contribution is -2.42. The molecular formula is C14H17N3O3. The van der Waals surface area contributed by atoms with E-state index in [2.05, 4.69) is 10.3 Å². The normalized spacial score (nSPS) is 12.2. The number of aromatic amines is 1. The van der Waals surface area contributed by atoms with E-state index in [0.29, 0.717) is 6.42 Å². The van der Waals surface area contributed by atoms with Gasteiger partial charge in [0.25, 0.3) is 0 Å². The van der Waals surface area contributed by atoms with E-state index in [1.54, 1.807) is 0 Å². The molecule has 0 bridgehead atoms. The standard InChI is InChI=1S/C14H17N3O3/c15-11(14(20)16-6-5-13(18)19)7-9-8-17-12-4-2-1-3-10(9)12/h1-4,8,11,17H,5-7,15H2,(H,16,20)(H,18,19)/t11-/m1/s1. The highest BCUT2D eigenvalue weighted by Crippen LogP contribution is 2.18. The molecule has 5 N–H and O–H groups in total. The van der Waals surface area contributed by atoms with Gasteiger partial charge in [0, 0.05) is 23.6 Å². The third-order valence-electron chi connectivity index (χ3n) is 3.09. The fourth-order valence-electron chi connectivity index (χ4n) is 2.05. The smallest absolute Gasteiger partial charge is 0.305 e. The topological polar surface area (TPSA) is 108 Å². The zero-order valence-electron chi connectivity index (χ0n) is 10.9. The molecule has 2 rings (SSSR count). The third-order valence-corrected chi connectivity index (χ3v) is 3.09. The molecule has 6 nitrogen and oxygen atoms in total. The van der Waals surface area contributed by atoms with Crippen molar-refractivity contribution < 1.29 is 14.7 Å². The van der Waals surface area contributed by atoms with E-state index in [0.717, 1.165) is 16.5 Å². The number of aliphatic carboxylic acids is 1. The van der Waals surface area contributed by atoms with Crippen molar-refractivity contribution in [1.29, 1.82) is 0 Å². The predicted octanol–water partition coefficient (Wildman–Crippen LogP) is 0.629. The van der Waals surface area contributed by atoms with Gasteiger partial charge in [0.1, 0.15) is 0 Å². The lowest BCUT2D eigenvalue weighted by molar-refractivity contribution is -0.136. The molecule has 106 valence electrons. The number of rotatable bonds is 6. The minimum absolute atomic E-state index is 0.0930. The van der Waals surface area contributed by atoms with E-state index < -0.39 is 12.0 Å². The van der Waals surface area contributed by atoms with E-state index >= 15 is 0 Å². The molecule has 1 aromatic heterocycles. The Labute approximate surface area is 116 Å². The van der Waals surface area contributed by atoms with Crippen LogP contribution in [0.15, 0.2) is 30.5 Å². The van der Waals surface area contributed by atoms with Gasteiger partial charge in [0.15, 0.2) is 0 Å². The molecule has 0 spiro atoms. The summed E-state index contributed by atoms with van der Waals surface area (Å²) in [5.41, 5.74) is 7.82. The Morgan fingerprint density at radius 2 is 2.10 bits per heavy atom. The van der Waals surface area contributed by atoms with Gasteiger partial charge in [-0.3, -0.25) is 9.59 Å². The summed E-state index contributed by atoms with van der Waals surface area (Å²) in [6.45, 7) is 0.0930. The molecule has 1 atom stereocenters. The van der Waals surface area contributed by atoms with Crippen LogP contribution in [0.25, 0.3) is 10.9 Å². The minimum Gasteiger partial charge on any atom is -0.481 e. The monoisotopic (exact) mass is 275 g/mol. The highest BCUT2D eigenvalue weighted by molar-refractivity contribution is 5.86. The summed E-state index contributed by atoms with van der Waals surface area (Å²) in [5.74, 6) is -1.29. The van der Waals surface area contributed by atoms with Gasteiger partial charge < -0.3 is 21.1 Å². The third kappa shape index (κ3) is 3.36. The van der Waals surface area contributed by atoms with Crippen molar-refractivity contribution in [2.45, 2.75) is 18.9 Å². The summed E-state index contributed by atoms with van der Waals surface area (Å²) in [7, 11) is 0. The second-order valence-electron chi connectivity index (χ2n) is 4.60. The van der Waals surface area contributed by atoms with E-state index in [1.807, 2.05) is 30.5 Å². The van der Waals surface area contributed by atoms with Crippen LogP contribution in [0.5, 0.6) is 0 Å². The summed E-state index contributed by atoms with van der Waals surface area (Å²) in [6, 6.07) is 7.09. The van der Waals surface area contributed by atoms with Gasteiger partial charge >= 0.3 is 5.97 Å². The maximum absolute atomic E-state index is 11.7. The Morgan fingerprint density at radius 1 is 1.35 bits per heavy atom. The Morgan fingerprint density at radius 3 is 2.85 bits per heavy atom. The van der Waals surface area contributed by atoms with E-state index in [1.165, 1.54) is 0 Å². The van der Waals surface area contributed by atoms with Crippen molar-refractivity contribution in [2.75, 3.05) is 6.54 Å². The molecule has 2 aromatic rings. The Kier molecular flexibility index (Phi) is 4.37. The quantitative estimate of drug-likeness (QED) is 0.620. The number of hydrogen-bond acceptors (Lipinski definition) is 3. The zero-order valence-corrected chi connectivity index (χ0v) is 10.9. The van der Waals surface area contributed by atoms with Crippen LogP contribution in [0, 0.1) is 0 Å². The van der Waals surface area contributed by atoms with Crippen LogP contribution in [0.4, 0.5) is 0 Å². The van der Waals surface area contributed by atoms with Crippen molar-refractivity contribution in [2.24, 2.45) is 5.73 Å². The van der Waals surface area contributed by atoms with Crippen molar-refractivity contribution in [3.8, 4) is 0 Å². The summed E-state index contributed by atoms with van der Waals surface area (Å²) >= 11 is 0. The lowest BCUT2D eigenvalue weighted by Gasteiger charge is -2.11. The maximum Gasteiger partial charge on any atom is 0.305 e. The summed E-state index contributed by atoms with van der Waals surface area (Å²) in [4.78, 5) is 25.2. The largest absolute Gasteiger partial charge is 0.481 e. The molecule has 0 aliphatic heterocycles. The van der Waals surface area contributed by atoms with Gasteiger partial charge in [-0.25, -0.2) is 0 Å². The number of fused-ring (bicyclic) bond motifs is 1. The van der Waals surface area contributed by atoms with Gasteiger partial charge in [-0.1, -0.05) is 18.2 Å². The highest BCUT2D eigenvalue weighted by atomic mass is 16.4. The first-order valence-corrected chi connectivity index (χ1v) is 6.38. The minimum atomic E-state index is -0.949. The van der Waals surface area contributed by atoms with Crippen LogP contribution in [0.2, 0.25) is 0 Å². The van der Waals surface area contributed by atoms with Crippen LogP contribution < -0.4 is 11.1 Å². The zero-order chi connectivity index (χ0) is 14.5. The van der Waals surface area contributed by atoms with Crippen LogP contribution in [-0.2, 0) is 16.0 Å². The maximum atomic E-state index is 11.7. The molecule has 0 saturated heterocycles. The predicted molar refractivity (Wildman–Crippen MR) is 75.2 cm³/mol. The van der Waals surface area contributed by atoms with Crippen molar-refractivity contribution in [1.82, 2.24) is 10.3 Å². The number of carbonyl (C=O) groups excluding carboxylic acids is 1. The number of benzene rings is 1. The van der Waals surface area contributed by atoms with Crippen LogP contribution in [-0.4, -0.2) is 34.6 Å². The van der Waals surface area contributed by atoms with Crippen molar-refractivity contribution in [3.63, 3.8) is 0 Å². The second-order valence-corrected chi connectivity index (χ2v) is 4.60. The molecule has 0 aliphatic carbocycles. The molecule has 20 heavy (non-hydrogen) atoms. The SMILES string of the molecule is N[C@H](Cc1c[nH]c2ccccc12)C(=O)NCCC(=O)O. The molecule has 1 heterocycles. The number of amides is 1. The van der Waals surface area contributed by atoms with E-state index in [9.17, 15) is 9.59 Å². The number of nitrogens with one attached hydrogen (secondary N) is 2. The van der Waals surface area contributed by atoms with E-state index in [4.69, 9.17) is 10.8 Å². The van der Waals surface area contributed by atoms with Gasteiger partial charge in [0.05, 0.1) is 12.5 Å². The number of para-hydroxylation sites is 1. The van der Waals surface area contributed by atoms with E-state index in [-0.39, 0.29) is 18.9 Å². The molecule has 0 aliphatic rings. The first-order chi connectivity index (χ1) is 9.58. The molecule has 1 aromatic carbocycles. The fourth-order valence-corrected chi connectivity index (χ4v) is 2.05. The van der Waals surface area contributed by atoms with Crippen LogP contribution >= 0.6 is 0 Å². The molecule has 6 heteroatoms. The van der Waals surface area contributed by atoms with Crippen molar-refractivity contribution >= 4 is 22.8 Å². The number of carbonyl (C=O) groups is 2. The number of nitrogens with two attached hydrogens (primary N) is 1. The van der Waals surface area contributed by atoms with Gasteiger partial charge in [-0.15, -0.1) is 0 Å². The number of carboxylic acid groups (broad SMARTS) is 1. The van der Waals surface area contributed by atoms with Crippen LogP contribution in [0.3, 0.4) is 0 Å². The number of hydrogen-bond donors (Lipinski definition) is 4. The first-order valence-electron chi connectivity index (χ1n) is 6.38. The highest BCUT2D eigenvalue weighted by Gasteiger charge is 2.15. The molecule has 0 unspecified atom stereocenters. The average molecular weight is 275 g/mol. The Bertz CT molecular complexity index is 621. The molecule has 0 radical (unpaired) electrons. The fraction of sp³-hybridized carbons (Fsp3) is 0.286. The van der Waals surface area contributed by atoms with Crippen LogP contribution in [0.1, 0.15) is 12.0 Å². The van der Waals surface area contributed by atoms with Gasteiger partial charge in [-0.2, -0.15) is 0 Å². The lowest BCUT2D eigenvalue weighted by atomic mass is 10.1. The Hall–Kier alpha value is -2.34. The Balaban J connectivity index is 1.95. The summed E-state index contributed by atoms with van der Waals surface area (Å²) < 4.78 is 0. The second kappa shape index (κ2) is 6.21. The van der Waals surface area contributed by atoms with Gasteiger partial charge in [0.2, 0.25) is 5.91 Å². The average Bonchev–Trinajstić information content (AvgIpc) is 2.81. The molecular weight excluding hydrogens is 258 g/mol. The molecule has 0 fully saturated rings. The number of carboxylic acids is 1. The summed E-state index contributed by atoms with van der Waals surface area (Å²) in [5, 5.41) is 12.1. The number of H-pyrrole nitrogens is 1. The molecule has 1 amide bonds. The first kappa shape index (κ1) is 14.1. The number of aromatic nitrogens is 1. The van der Waals surface area contributed by atoms with Crippen molar-refractivity contribution in [3.05, 3.63) is 36.0 Å². The molecule has 0 saturated carbocycles.